The molecule has 4 heterocycles. The maximum Gasteiger partial charge on any atom is 0.340 e. The number of carbonyl (C=O) groups is 2. The quantitative estimate of drug-likeness (QED) is 0.382. The van der Waals surface area contributed by atoms with Gasteiger partial charge in [-0.25, -0.2) is 19.7 Å². The van der Waals surface area contributed by atoms with Crippen LogP contribution in [-0.4, -0.2) is 44.4 Å². The van der Waals surface area contributed by atoms with Gasteiger partial charge in [0.25, 0.3) is 0 Å². The molecule has 2 aliphatic heterocycles. The monoisotopic (exact) mass is 445 g/mol. The van der Waals surface area contributed by atoms with Crippen molar-refractivity contribution in [2.24, 2.45) is 0 Å². The van der Waals surface area contributed by atoms with Crippen molar-refractivity contribution >= 4 is 34.5 Å². The zero-order valence-corrected chi connectivity index (χ0v) is 17.5. The van der Waals surface area contributed by atoms with Crippen LogP contribution >= 0.6 is 11.6 Å². The fraction of sp³-hybridized carbons (Fsp3) is 0.174. The van der Waals surface area contributed by atoms with E-state index in [0.717, 1.165) is 12.1 Å². The summed E-state index contributed by atoms with van der Waals surface area (Å²) >= 11 is 6.54. The lowest BCUT2D eigenvalue weighted by molar-refractivity contribution is 0.00159. The molecule has 4 aromatic rings. The molecule has 158 valence electrons. The minimum absolute atomic E-state index is 0.268. The third kappa shape index (κ3) is 2.70. The summed E-state index contributed by atoms with van der Waals surface area (Å²) in [6.45, 7) is 1.30. The fourth-order valence-electron chi connectivity index (χ4n) is 4.55. The summed E-state index contributed by atoms with van der Waals surface area (Å²) < 4.78 is 7.51. The number of hydrogen-bond donors (Lipinski definition) is 1. The van der Waals surface area contributed by atoms with E-state index in [-0.39, 0.29) is 10.8 Å². The highest BCUT2D eigenvalue weighted by atomic mass is 35.5. The average molecular weight is 446 g/mol. The number of halogens is 1. The molecule has 0 aliphatic carbocycles. The predicted octanol–water partition coefficient (Wildman–Crippen LogP) is 3.06. The fourth-order valence-corrected chi connectivity index (χ4v) is 4.81. The van der Waals surface area contributed by atoms with Crippen LogP contribution in [0.25, 0.3) is 16.9 Å². The molecule has 1 saturated heterocycles. The summed E-state index contributed by atoms with van der Waals surface area (Å²) in [5, 5.41) is 3.51. The molecule has 9 heteroatoms. The van der Waals surface area contributed by atoms with Gasteiger partial charge in [-0.15, -0.1) is 0 Å². The van der Waals surface area contributed by atoms with Gasteiger partial charge in [-0.1, -0.05) is 29.8 Å². The second kappa shape index (κ2) is 6.94. The van der Waals surface area contributed by atoms with E-state index in [1.807, 2.05) is 6.07 Å². The zero-order valence-electron chi connectivity index (χ0n) is 16.7. The van der Waals surface area contributed by atoms with Crippen molar-refractivity contribution in [2.45, 2.75) is 12.0 Å². The Morgan fingerprint density at radius 3 is 2.91 bits per heavy atom. The van der Waals surface area contributed by atoms with Gasteiger partial charge in [0.05, 0.1) is 22.5 Å². The topological polar surface area (TPSA) is 99.0 Å². The Kier molecular flexibility index (Phi) is 4.14. The number of imidazole rings is 1. The highest BCUT2D eigenvalue weighted by molar-refractivity contribution is 6.35. The molecule has 32 heavy (non-hydrogen) atoms. The zero-order chi connectivity index (χ0) is 21.9. The van der Waals surface area contributed by atoms with Gasteiger partial charge >= 0.3 is 5.97 Å². The Morgan fingerprint density at radius 1 is 1.19 bits per heavy atom. The van der Waals surface area contributed by atoms with Gasteiger partial charge in [0, 0.05) is 29.7 Å². The van der Waals surface area contributed by atoms with Crippen LogP contribution in [0.4, 0.5) is 0 Å². The summed E-state index contributed by atoms with van der Waals surface area (Å²) in [5.41, 5.74) is 3.00. The number of hydrogen-bond acceptors (Lipinski definition) is 7. The van der Waals surface area contributed by atoms with Gasteiger partial charge in [-0.05, 0) is 24.7 Å². The largest absolute Gasteiger partial charge is 0.449 e. The molecule has 1 spiro atoms. The molecule has 0 saturated carbocycles. The third-order valence-corrected chi connectivity index (χ3v) is 6.41. The maximum absolute atomic E-state index is 13.4. The minimum atomic E-state index is -0.694. The van der Waals surface area contributed by atoms with Gasteiger partial charge in [-0.2, -0.15) is 0 Å². The van der Waals surface area contributed by atoms with E-state index in [1.165, 1.54) is 6.33 Å². The third-order valence-electron chi connectivity index (χ3n) is 6.10. The molecule has 2 aromatic carbocycles. The normalized spacial score (nSPS) is 19.5. The summed E-state index contributed by atoms with van der Waals surface area (Å²) in [4.78, 5) is 38.7. The summed E-state index contributed by atoms with van der Waals surface area (Å²) in [6, 6.07) is 10.4. The smallest absolute Gasteiger partial charge is 0.340 e. The van der Waals surface area contributed by atoms with Crippen molar-refractivity contribution in [3.63, 3.8) is 0 Å². The first-order valence-electron chi connectivity index (χ1n) is 10.1. The molecule has 2 aromatic heterocycles. The summed E-state index contributed by atoms with van der Waals surface area (Å²) in [7, 11) is 0. The molecule has 0 radical (unpaired) electrons. The number of fused-ring (bicyclic) bond motifs is 3. The molecule has 0 unspecified atom stereocenters. The number of aromatic nitrogens is 4. The lowest BCUT2D eigenvalue weighted by atomic mass is 9.87. The standard InChI is InChI=1S/C23H16ClN5O3/c24-17-8-13(29-12-28-18-9-26-11-27-21(18)29)4-5-14(17)20(30)15-2-1-3-16-19(15)22(31)32-23(16)6-7-25-10-23/h1-5,8-9,11-12,25H,6-7,10H2/t23-/m0/s1. The average Bonchev–Trinajstić information content (AvgIpc) is 3.52. The Morgan fingerprint density at radius 2 is 2.09 bits per heavy atom. The van der Waals surface area contributed by atoms with Gasteiger partial charge < -0.3 is 10.1 Å². The predicted molar refractivity (Wildman–Crippen MR) is 116 cm³/mol. The van der Waals surface area contributed by atoms with Crippen molar-refractivity contribution in [3.8, 4) is 5.69 Å². The van der Waals surface area contributed by atoms with Crippen LogP contribution in [0.15, 0.2) is 55.2 Å². The van der Waals surface area contributed by atoms with E-state index < -0.39 is 11.6 Å². The number of nitrogens with zero attached hydrogens (tertiary/aromatic N) is 4. The van der Waals surface area contributed by atoms with E-state index in [2.05, 4.69) is 20.3 Å². The van der Waals surface area contributed by atoms with Crippen molar-refractivity contribution < 1.29 is 14.3 Å². The first-order chi connectivity index (χ1) is 15.6. The van der Waals surface area contributed by atoms with E-state index in [1.54, 1.807) is 47.4 Å². The number of carbonyl (C=O) groups excluding carboxylic acids is 2. The van der Waals surface area contributed by atoms with Crippen LogP contribution < -0.4 is 5.32 Å². The number of benzene rings is 2. The van der Waals surface area contributed by atoms with Crippen LogP contribution in [0.3, 0.4) is 0 Å². The van der Waals surface area contributed by atoms with Crippen molar-refractivity contribution in [2.75, 3.05) is 13.1 Å². The first kappa shape index (κ1) is 19.1. The molecule has 2 aliphatic rings. The molecule has 0 amide bonds. The summed E-state index contributed by atoms with van der Waals surface area (Å²) in [6.07, 6.45) is 5.38. The molecule has 8 nitrogen and oxygen atoms in total. The van der Waals surface area contributed by atoms with Gasteiger partial charge in [0.15, 0.2) is 17.0 Å². The number of ether oxygens (including phenoxy) is 1. The maximum atomic E-state index is 13.4. The molecule has 0 bridgehead atoms. The Labute approximate surface area is 187 Å². The number of esters is 1. The first-order valence-corrected chi connectivity index (χ1v) is 10.5. The highest BCUT2D eigenvalue weighted by Crippen LogP contribution is 2.42. The molecule has 1 N–H and O–H groups in total. The van der Waals surface area contributed by atoms with E-state index in [0.29, 0.717) is 46.5 Å². The lowest BCUT2D eigenvalue weighted by Crippen LogP contribution is -2.28. The minimum Gasteiger partial charge on any atom is -0.449 e. The van der Waals surface area contributed by atoms with E-state index in [9.17, 15) is 9.59 Å². The van der Waals surface area contributed by atoms with Crippen molar-refractivity contribution in [1.82, 2.24) is 24.8 Å². The SMILES string of the molecule is O=C(c1ccc(-n2cnc3cncnc32)cc1Cl)c1cccc2c1C(=O)O[C@]21CCNC1. The second-order valence-electron chi connectivity index (χ2n) is 7.88. The Hall–Kier alpha value is -3.62. The number of ketones is 1. The van der Waals surface area contributed by atoms with Gasteiger partial charge in [-0.3, -0.25) is 9.36 Å². The van der Waals surface area contributed by atoms with Gasteiger partial charge in [0.1, 0.15) is 18.2 Å². The molecule has 1 atom stereocenters. The van der Waals surface area contributed by atoms with Crippen LogP contribution in [0.1, 0.15) is 38.3 Å². The van der Waals surface area contributed by atoms with Crippen molar-refractivity contribution in [1.29, 1.82) is 0 Å². The number of nitrogens with one attached hydrogen (secondary N) is 1. The Balaban J connectivity index is 1.41. The van der Waals surface area contributed by atoms with Crippen LogP contribution in [-0.2, 0) is 10.3 Å². The van der Waals surface area contributed by atoms with E-state index >= 15 is 0 Å². The lowest BCUT2D eigenvalue weighted by Gasteiger charge is -2.21. The van der Waals surface area contributed by atoms with E-state index in [4.69, 9.17) is 16.3 Å². The van der Waals surface area contributed by atoms with Crippen LogP contribution in [0.2, 0.25) is 5.02 Å². The molecule has 1 fully saturated rings. The summed E-state index contributed by atoms with van der Waals surface area (Å²) in [5.74, 6) is -0.791. The second-order valence-corrected chi connectivity index (χ2v) is 8.29. The molecular formula is C23H16ClN5O3. The molecular weight excluding hydrogens is 430 g/mol. The number of rotatable bonds is 3. The van der Waals surface area contributed by atoms with Gasteiger partial charge in [0.2, 0.25) is 0 Å². The molecule has 6 rings (SSSR count). The Bertz CT molecular complexity index is 1420. The van der Waals surface area contributed by atoms with Crippen LogP contribution in [0, 0.1) is 0 Å². The van der Waals surface area contributed by atoms with Crippen LogP contribution in [0.5, 0.6) is 0 Å². The highest BCUT2D eigenvalue weighted by Gasteiger charge is 2.49. The van der Waals surface area contributed by atoms with Crippen molar-refractivity contribution in [3.05, 3.63) is 82.5 Å².